The molecule has 0 atom stereocenters. The Balaban J connectivity index is 2.50. The number of halogens is 1. The first-order valence-electron chi connectivity index (χ1n) is 4.41. The van der Waals surface area contributed by atoms with Crippen molar-refractivity contribution in [2.24, 2.45) is 5.73 Å². The predicted molar refractivity (Wildman–Crippen MR) is 63.6 cm³/mol. The number of hydrogen-bond donors (Lipinski definition) is 1. The maximum Gasteiger partial charge on any atom is 0.139 e. The molecule has 2 nitrogen and oxygen atoms in total. The number of carbonyl (C=O) groups excluding carboxylic acids is 1. The summed E-state index contributed by atoms with van der Waals surface area (Å²) in [6.07, 6.45) is 0.930. The van der Waals surface area contributed by atoms with Crippen LogP contribution in [0, 0.1) is 0 Å². The minimum Gasteiger partial charge on any atom is -0.325 e. The Morgan fingerprint density at radius 2 is 2.21 bits per heavy atom. The second kappa shape index (κ2) is 4.55. The van der Waals surface area contributed by atoms with Gasteiger partial charge in [-0.15, -0.1) is 11.3 Å². The molecule has 1 aromatic heterocycles. The first-order chi connectivity index (χ1) is 6.37. The van der Waals surface area contributed by atoms with E-state index in [2.05, 4.69) is 15.9 Å². The van der Waals surface area contributed by atoms with Crippen LogP contribution in [0.1, 0.15) is 25.1 Å². The summed E-state index contributed by atoms with van der Waals surface area (Å²) in [5.41, 5.74) is 5.37. The van der Waals surface area contributed by atoms with Crippen LogP contribution in [0.25, 0.3) is 0 Å². The zero-order valence-electron chi connectivity index (χ0n) is 8.34. The number of ketones is 1. The number of thiophene rings is 1. The molecule has 0 saturated heterocycles. The fourth-order valence-electron chi connectivity index (χ4n) is 1.21. The smallest absolute Gasteiger partial charge is 0.139 e. The summed E-state index contributed by atoms with van der Waals surface area (Å²) in [5.74, 6) is 0.201. The lowest BCUT2D eigenvalue weighted by molar-refractivity contribution is -0.119. The second-order valence-corrected chi connectivity index (χ2v) is 6.63. The lowest BCUT2D eigenvalue weighted by Crippen LogP contribution is -2.35. The lowest BCUT2D eigenvalue weighted by atomic mass is 9.97. The maximum absolute atomic E-state index is 11.5. The Kier molecular flexibility index (Phi) is 3.86. The number of carbonyl (C=O) groups is 1. The van der Waals surface area contributed by atoms with Crippen molar-refractivity contribution < 1.29 is 4.79 Å². The summed E-state index contributed by atoms with van der Waals surface area (Å²) in [7, 11) is 0. The average Bonchev–Trinajstić information content (AvgIpc) is 2.30. The van der Waals surface area contributed by atoms with E-state index in [4.69, 9.17) is 5.73 Å². The molecule has 1 heterocycles. The summed E-state index contributed by atoms with van der Waals surface area (Å²) in [5, 5.41) is 0. The van der Waals surface area contributed by atoms with Crippen LogP contribution in [0.2, 0.25) is 0 Å². The van der Waals surface area contributed by atoms with E-state index in [0.717, 1.165) is 8.66 Å². The molecule has 2 N–H and O–H groups in total. The molecule has 0 fully saturated rings. The van der Waals surface area contributed by atoms with Gasteiger partial charge >= 0.3 is 0 Å². The molecule has 0 aromatic carbocycles. The number of nitrogens with two attached hydrogens (primary N) is 1. The first kappa shape index (κ1) is 11.9. The summed E-state index contributed by atoms with van der Waals surface area (Å²) in [4.78, 5) is 12.6. The third-order valence-electron chi connectivity index (χ3n) is 1.65. The van der Waals surface area contributed by atoms with Crippen molar-refractivity contribution in [2.45, 2.75) is 32.2 Å². The van der Waals surface area contributed by atoms with E-state index < -0.39 is 5.54 Å². The van der Waals surface area contributed by atoms with Gasteiger partial charge in [-0.1, -0.05) is 0 Å². The Hall–Kier alpha value is -0.190. The molecular weight excluding hydrogens is 262 g/mol. The van der Waals surface area contributed by atoms with Gasteiger partial charge in [-0.25, -0.2) is 0 Å². The van der Waals surface area contributed by atoms with Gasteiger partial charge in [0.2, 0.25) is 0 Å². The van der Waals surface area contributed by atoms with Crippen LogP contribution in [0.15, 0.2) is 15.9 Å². The van der Waals surface area contributed by atoms with Crippen molar-refractivity contribution in [2.75, 3.05) is 0 Å². The third-order valence-corrected chi connectivity index (χ3v) is 3.28. The highest BCUT2D eigenvalue weighted by Gasteiger charge is 2.16. The highest BCUT2D eigenvalue weighted by Crippen LogP contribution is 2.23. The topological polar surface area (TPSA) is 43.1 Å². The van der Waals surface area contributed by atoms with Crippen LogP contribution < -0.4 is 5.73 Å². The highest BCUT2D eigenvalue weighted by molar-refractivity contribution is 9.11. The molecule has 0 aliphatic carbocycles. The van der Waals surface area contributed by atoms with Gasteiger partial charge in [0.05, 0.1) is 3.79 Å². The molecule has 0 bridgehead atoms. The molecule has 1 rings (SSSR count). The third kappa shape index (κ3) is 4.35. The van der Waals surface area contributed by atoms with E-state index in [1.165, 1.54) is 0 Å². The van der Waals surface area contributed by atoms with Crippen molar-refractivity contribution in [1.29, 1.82) is 0 Å². The van der Waals surface area contributed by atoms with E-state index in [-0.39, 0.29) is 5.78 Å². The Morgan fingerprint density at radius 3 is 2.64 bits per heavy atom. The summed E-state index contributed by atoms with van der Waals surface area (Å²) < 4.78 is 1.06. The van der Waals surface area contributed by atoms with E-state index in [0.29, 0.717) is 12.8 Å². The molecule has 0 radical (unpaired) electrons. The summed E-state index contributed by atoms with van der Waals surface area (Å²) in [6.45, 7) is 3.74. The number of hydrogen-bond acceptors (Lipinski definition) is 3. The first-order valence-corrected chi connectivity index (χ1v) is 6.02. The normalized spacial score (nSPS) is 11.7. The molecule has 14 heavy (non-hydrogen) atoms. The molecule has 0 saturated carbocycles. The fraction of sp³-hybridized carbons (Fsp3) is 0.500. The Bertz CT molecular complexity index is 327. The molecule has 4 heteroatoms. The summed E-state index contributed by atoms with van der Waals surface area (Å²) in [6, 6.07) is 3.93. The van der Waals surface area contributed by atoms with Crippen LogP contribution in [0.4, 0.5) is 0 Å². The van der Waals surface area contributed by atoms with Gasteiger partial charge < -0.3 is 5.73 Å². The van der Waals surface area contributed by atoms with E-state index >= 15 is 0 Å². The Labute approximate surface area is 96.6 Å². The fourth-order valence-corrected chi connectivity index (χ4v) is 2.72. The molecule has 1 aromatic rings. The largest absolute Gasteiger partial charge is 0.325 e. The molecule has 0 aliphatic heterocycles. The molecule has 78 valence electrons. The zero-order valence-corrected chi connectivity index (χ0v) is 10.7. The van der Waals surface area contributed by atoms with Gasteiger partial charge in [-0.05, 0) is 41.9 Å². The molecular formula is C10H14BrNOS. The van der Waals surface area contributed by atoms with Crippen LogP contribution >= 0.6 is 27.3 Å². The monoisotopic (exact) mass is 275 g/mol. The number of rotatable bonds is 4. The van der Waals surface area contributed by atoms with Gasteiger partial charge in [0, 0.05) is 23.3 Å². The van der Waals surface area contributed by atoms with Gasteiger partial charge in [0.1, 0.15) is 5.78 Å². The van der Waals surface area contributed by atoms with Crippen molar-refractivity contribution in [3.05, 3.63) is 20.8 Å². The van der Waals surface area contributed by atoms with Crippen molar-refractivity contribution in [1.82, 2.24) is 0 Å². The van der Waals surface area contributed by atoms with Crippen LogP contribution in [0.3, 0.4) is 0 Å². The SMILES string of the molecule is CC(C)(N)CC(=O)Cc1ccc(Br)s1. The van der Waals surface area contributed by atoms with Gasteiger partial charge in [-0.3, -0.25) is 4.79 Å². The molecule has 0 spiro atoms. The van der Waals surface area contributed by atoms with Crippen molar-refractivity contribution >= 4 is 33.0 Å². The second-order valence-electron chi connectivity index (χ2n) is 4.09. The van der Waals surface area contributed by atoms with Gasteiger partial charge in [-0.2, -0.15) is 0 Å². The minimum atomic E-state index is -0.397. The van der Waals surface area contributed by atoms with Crippen LogP contribution in [0.5, 0.6) is 0 Å². The molecule has 0 aliphatic rings. The quantitative estimate of drug-likeness (QED) is 0.918. The van der Waals surface area contributed by atoms with Crippen LogP contribution in [-0.4, -0.2) is 11.3 Å². The van der Waals surface area contributed by atoms with Crippen molar-refractivity contribution in [3.8, 4) is 0 Å². The highest BCUT2D eigenvalue weighted by atomic mass is 79.9. The average molecular weight is 276 g/mol. The zero-order chi connectivity index (χ0) is 10.8. The Morgan fingerprint density at radius 1 is 1.57 bits per heavy atom. The van der Waals surface area contributed by atoms with Crippen molar-refractivity contribution in [3.63, 3.8) is 0 Å². The van der Waals surface area contributed by atoms with E-state index in [9.17, 15) is 4.79 Å². The van der Waals surface area contributed by atoms with Gasteiger partial charge in [0.25, 0.3) is 0 Å². The predicted octanol–water partition coefficient (Wildman–Crippen LogP) is 2.75. The standard InChI is InChI=1S/C10H14BrNOS/c1-10(2,12)6-7(13)5-8-3-4-9(11)14-8/h3-4H,5-6,12H2,1-2H3. The molecule has 0 amide bonds. The molecule has 0 unspecified atom stereocenters. The number of Topliss-reactive ketones (excluding diaryl/α,β-unsaturated/α-hetero) is 1. The van der Waals surface area contributed by atoms with E-state index in [1.807, 2.05) is 26.0 Å². The van der Waals surface area contributed by atoms with E-state index in [1.54, 1.807) is 11.3 Å². The van der Waals surface area contributed by atoms with Crippen LogP contribution in [-0.2, 0) is 11.2 Å². The minimum absolute atomic E-state index is 0.201. The maximum atomic E-state index is 11.5. The lowest BCUT2D eigenvalue weighted by Gasteiger charge is -2.16. The van der Waals surface area contributed by atoms with Gasteiger partial charge in [0.15, 0.2) is 0 Å². The summed E-state index contributed by atoms with van der Waals surface area (Å²) >= 11 is 4.96.